The van der Waals surface area contributed by atoms with Crippen molar-refractivity contribution in [3.05, 3.63) is 70.9 Å². The lowest BCUT2D eigenvalue weighted by Crippen LogP contribution is -2.23. The zero-order valence-electron chi connectivity index (χ0n) is 15.4. The van der Waals surface area contributed by atoms with Crippen molar-refractivity contribution < 1.29 is 14.1 Å². The lowest BCUT2D eigenvalue weighted by Gasteiger charge is -2.06. The fraction of sp³-hybridized carbons (Fsp3) is 0.190. The van der Waals surface area contributed by atoms with Crippen molar-refractivity contribution >= 4 is 29.1 Å². The monoisotopic (exact) mass is 397 g/mol. The predicted molar refractivity (Wildman–Crippen MR) is 108 cm³/mol. The molecular formula is C21H20ClN3O3. The first-order valence-electron chi connectivity index (χ1n) is 8.95. The number of rotatable bonds is 7. The molecule has 0 atom stereocenters. The molecule has 3 rings (SSSR count). The summed E-state index contributed by atoms with van der Waals surface area (Å²) in [7, 11) is 0. The molecule has 0 spiro atoms. The summed E-state index contributed by atoms with van der Waals surface area (Å²) in [6, 6.07) is 16.0. The first kappa shape index (κ1) is 19.6. The summed E-state index contributed by atoms with van der Waals surface area (Å²) in [6.45, 7) is 2.29. The third-order valence-electron chi connectivity index (χ3n) is 4.02. The number of nitrogens with one attached hydrogen (secondary N) is 2. The molecule has 0 radical (unpaired) electrons. The second kappa shape index (κ2) is 9.19. The topological polar surface area (TPSA) is 84.2 Å². The third kappa shape index (κ3) is 5.20. The van der Waals surface area contributed by atoms with E-state index in [4.69, 9.17) is 16.1 Å². The van der Waals surface area contributed by atoms with Crippen LogP contribution >= 0.6 is 11.6 Å². The molecule has 0 saturated carbocycles. The molecule has 0 unspecified atom stereocenters. The molecule has 0 saturated heterocycles. The van der Waals surface area contributed by atoms with E-state index in [-0.39, 0.29) is 17.5 Å². The molecule has 0 fully saturated rings. The Morgan fingerprint density at radius 3 is 2.61 bits per heavy atom. The molecule has 1 heterocycles. The van der Waals surface area contributed by atoms with Gasteiger partial charge in [0.2, 0.25) is 5.91 Å². The standard InChI is InChI=1S/C21H20ClN3O3/c1-2-4-20(26)24-17-9-7-14(8-10-17)13-23-21(27)18-12-19(28-25-18)15-5-3-6-16(22)11-15/h3,5-12H,2,4,13H2,1H3,(H,23,27)(H,24,26). The minimum absolute atomic E-state index is 0.00917. The minimum atomic E-state index is -0.336. The van der Waals surface area contributed by atoms with E-state index in [0.717, 1.165) is 23.2 Å². The lowest BCUT2D eigenvalue weighted by atomic mass is 10.1. The van der Waals surface area contributed by atoms with Crippen molar-refractivity contribution in [1.29, 1.82) is 0 Å². The Bertz CT molecular complexity index is 967. The Labute approximate surface area is 167 Å². The van der Waals surface area contributed by atoms with Crippen LogP contribution in [0, 0.1) is 0 Å². The molecule has 2 amide bonds. The second-order valence-corrected chi connectivity index (χ2v) is 6.70. The number of carbonyl (C=O) groups is 2. The average Bonchev–Trinajstić information content (AvgIpc) is 3.18. The lowest BCUT2D eigenvalue weighted by molar-refractivity contribution is -0.116. The van der Waals surface area contributed by atoms with Gasteiger partial charge in [0.25, 0.3) is 5.91 Å². The van der Waals surface area contributed by atoms with Gasteiger partial charge in [-0.25, -0.2) is 0 Å². The highest BCUT2D eigenvalue weighted by atomic mass is 35.5. The number of hydrogen-bond acceptors (Lipinski definition) is 4. The molecule has 2 aromatic carbocycles. The van der Waals surface area contributed by atoms with Gasteiger partial charge in [-0.15, -0.1) is 0 Å². The number of benzene rings is 2. The van der Waals surface area contributed by atoms with Gasteiger partial charge in [-0.1, -0.05) is 47.9 Å². The Kier molecular flexibility index (Phi) is 6.45. The van der Waals surface area contributed by atoms with Gasteiger partial charge in [0.1, 0.15) is 0 Å². The summed E-state index contributed by atoms with van der Waals surface area (Å²) in [6.07, 6.45) is 1.30. The van der Waals surface area contributed by atoms with Crippen LogP contribution in [0.15, 0.2) is 59.1 Å². The van der Waals surface area contributed by atoms with E-state index in [1.807, 2.05) is 37.3 Å². The van der Waals surface area contributed by atoms with E-state index in [2.05, 4.69) is 15.8 Å². The molecule has 0 aliphatic heterocycles. The quantitative estimate of drug-likeness (QED) is 0.607. The molecule has 0 bridgehead atoms. The van der Waals surface area contributed by atoms with Gasteiger partial charge >= 0.3 is 0 Å². The van der Waals surface area contributed by atoms with E-state index in [1.54, 1.807) is 24.3 Å². The summed E-state index contributed by atoms with van der Waals surface area (Å²) < 4.78 is 5.24. The highest BCUT2D eigenvalue weighted by Crippen LogP contribution is 2.23. The van der Waals surface area contributed by atoms with Gasteiger partial charge in [0.05, 0.1) is 0 Å². The Balaban J connectivity index is 1.56. The zero-order valence-corrected chi connectivity index (χ0v) is 16.1. The predicted octanol–water partition coefficient (Wildman–Crippen LogP) is 4.66. The van der Waals surface area contributed by atoms with E-state index < -0.39 is 0 Å². The van der Waals surface area contributed by atoms with Gasteiger partial charge in [-0.05, 0) is 36.2 Å². The number of anilines is 1. The number of hydrogen-bond donors (Lipinski definition) is 2. The van der Waals surface area contributed by atoms with Crippen LogP contribution in [-0.2, 0) is 11.3 Å². The highest BCUT2D eigenvalue weighted by Gasteiger charge is 2.13. The molecule has 0 aliphatic carbocycles. The van der Waals surface area contributed by atoms with Gasteiger partial charge < -0.3 is 15.2 Å². The van der Waals surface area contributed by atoms with Crippen LogP contribution in [0.25, 0.3) is 11.3 Å². The first-order valence-corrected chi connectivity index (χ1v) is 9.32. The first-order chi connectivity index (χ1) is 13.5. The number of nitrogens with zero attached hydrogens (tertiary/aromatic N) is 1. The van der Waals surface area contributed by atoms with Crippen LogP contribution in [0.2, 0.25) is 5.02 Å². The van der Waals surface area contributed by atoms with Crippen LogP contribution in [-0.4, -0.2) is 17.0 Å². The van der Waals surface area contributed by atoms with Gasteiger partial charge in [0, 0.05) is 35.3 Å². The van der Waals surface area contributed by atoms with Gasteiger partial charge in [-0.3, -0.25) is 9.59 Å². The minimum Gasteiger partial charge on any atom is -0.355 e. The zero-order chi connectivity index (χ0) is 19.9. The van der Waals surface area contributed by atoms with E-state index >= 15 is 0 Å². The Morgan fingerprint density at radius 1 is 1.11 bits per heavy atom. The molecule has 3 aromatic rings. The molecule has 7 heteroatoms. The smallest absolute Gasteiger partial charge is 0.273 e. The van der Waals surface area contributed by atoms with Crippen molar-refractivity contribution in [2.75, 3.05) is 5.32 Å². The van der Waals surface area contributed by atoms with Crippen LogP contribution < -0.4 is 10.6 Å². The van der Waals surface area contributed by atoms with Crippen molar-refractivity contribution in [1.82, 2.24) is 10.5 Å². The number of aromatic nitrogens is 1. The molecule has 2 N–H and O–H groups in total. The van der Waals surface area contributed by atoms with Crippen LogP contribution in [0.4, 0.5) is 5.69 Å². The molecular weight excluding hydrogens is 378 g/mol. The van der Waals surface area contributed by atoms with E-state index in [9.17, 15) is 9.59 Å². The number of carbonyl (C=O) groups excluding carboxylic acids is 2. The summed E-state index contributed by atoms with van der Waals surface area (Å²) in [4.78, 5) is 23.9. The fourth-order valence-electron chi connectivity index (χ4n) is 2.59. The molecule has 0 aliphatic rings. The summed E-state index contributed by atoms with van der Waals surface area (Å²) >= 11 is 5.97. The normalized spacial score (nSPS) is 10.5. The average molecular weight is 398 g/mol. The van der Waals surface area contributed by atoms with E-state index in [1.165, 1.54) is 0 Å². The maximum Gasteiger partial charge on any atom is 0.273 e. The fourth-order valence-corrected chi connectivity index (χ4v) is 2.78. The van der Waals surface area contributed by atoms with Crippen LogP contribution in [0.1, 0.15) is 35.8 Å². The largest absolute Gasteiger partial charge is 0.355 e. The summed E-state index contributed by atoms with van der Waals surface area (Å²) in [5.74, 6) is 0.127. The number of halogens is 1. The Hall–Kier alpha value is -3.12. The van der Waals surface area contributed by atoms with E-state index in [0.29, 0.717) is 23.7 Å². The summed E-state index contributed by atoms with van der Waals surface area (Å²) in [5, 5.41) is 10.0. The van der Waals surface area contributed by atoms with Crippen molar-refractivity contribution in [2.24, 2.45) is 0 Å². The van der Waals surface area contributed by atoms with Gasteiger partial charge in [0.15, 0.2) is 11.5 Å². The summed E-state index contributed by atoms with van der Waals surface area (Å²) in [5.41, 5.74) is 2.58. The van der Waals surface area contributed by atoms with Crippen molar-refractivity contribution in [3.8, 4) is 11.3 Å². The van der Waals surface area contributed by atoms with Crippen LogP contribution in [0.5, 0.6) is 0 Å². The van der Waals surface area contributed by atoms with Crippen molar-refractivity contribution in [3.63, 3.8) is 0 Å². The Morgan fingerprint density at radius 2 is 1.89 bits per heavy atom. The van der Waals surface area contributed by atoms with Crippen LogP contribution in [0.3, 0.4) is 0 Å². The highest BCUT2D eigenvalue weighted by molar-refractivity contribution is 6.30. The maximum atomic E-state index is 12.3. The second-order valence-electron chi connectivity index (χ2n) is 6.26. The number of amides is 2. The van der Waals surface area contributed by atoms with Gasteiger partial charge in [-0.2, -0.15) is 0 Å². The molecule has 144 valence electrons. The molecule has 28 heavy (non-hydrogen) atoms. The third-order valence-corrected chi connectivity index (χ3v) is 4.25. The SMILES string of the molecule is CCCC(=O)Nc1ccc(CNC(=O)c2cc(-c3cccc(Cl)c3)on2)cc1. The molecule has 6 nitrogen and oxygen atoms in total. The van der Waals surface area contributed by atoms with Crippen molar-refractivity contribution in [2.45, 2.75) is 26.3 Å². The maximum absolute atomic E-state index is 12.3. The molecule has 1 aromatic heterocycles.